The van der Waals surface area contributed by atoms with E-state index in [0.717, 1.165) is 11.2 Å². The van der Waals surface area contributed by atoms with Crippen LogP contribution in [0.4, 0.5) is 0 Å². The summed E-state index contributed by atoms with van der Waals surface area (Å²) in [6.07, 6.45) is 1.65. The third kappa shape index (κ3) is 1.45. The summed E-state index contributed by atoms with van der Waals surface area (Å²) in [7, 11) is 0. The molecular weight excluding hydrogens is 249 g/mol. The van der Waals surface area contributed by atoms with Gasteiger partial charge in [-0.2, -0.15) is 5.10 Å². The highest BCUT2D eigenvalue weighted by molar-refractivity contribution is 6.41. The maximum absolute atomic E-state index is 5.86. The zero-order valence-electron chi connectivity index (χ0n) is 7.83. The fourth-order valence-electron chi connectivity index (χ4n) is 1.41. The topological polar surface area (TPSA) is 70.2 Å². The summed E-state index contributed by atoms with van der Waals surface area (Å²) in [5, 5.41) is 7.30. The molecule has 0 amide bonds. The first-order chi connectivity index (χ1) is 7.74. The van der Waals surface area contributed by atoms with Crippen molar-refractivity contribution in [3.8, 4) is 11.5 Å². The summed E-state index contributed by atoms with van der Waals surface area (Å²) < 4.78 is 0. The van der Waals surface area contributed by atoms with Gasteiger partial charge in [0.15, 0.2) is 11.5 Å². The molecule has 0 aliphatic carbocycles. The Balaban J connectivity index is 2.23. The molecular formula is C9H5Cl2N5. The Kier molecular flexibility index (Phi) is 2.08. The number of imidazole rings is 1. The van der Waals surface area contributed by atoms with Gasteiger partial charge in [0.25, 0.3) is 0 Å². The highest BCUT2D eigenvalue weighted by Crippen LogP contribution is 2.25. The molecule has 0 radical (unpaired) electrons. The van der Waals surface area contributed by atoms with E-state index >= 15 is 0 Å². The molecule has 0 saturated carbocycles. The van der Waals surface area contributed by atoms with E-state index in [-0.39, 0.29) is 5.15 Å². The zero-order valence-corrected chi connectivity index (χ0v) is 9.34. The van der Waals surface area contributed by atoms with Gasteiger partial charge in [-0.15, -0.1) is 0 Å². The molecule has 0 aliphatic heterocycles. The van der Waals surface area contributed by atoms with Crippen molar-refractivity contribution in [1.29, 1.82) is 0 Å². The maximum atomic E-state index is 5.86. The molecule has 0 fully saturated rings. The summed E-state index contributed by atoms with van der Waals surface area (Å²) >= 11 is 11.7. The van der Waals surface area contributed by atoms with Gasteiger partial charge in [-0.3, -0.25) is 5.10 Å². The third-order valence-electron chi connectivity index (χ3n) is 2.14. The highest BCUT2D eigenvalue weighted by atomic mass is 35.5. The zero-order chi connectivity index (χ0) is 11.1. The average Bonchev–Trinajstić information content (AvgIpc) is 2.86. The van der Waals surface area contributed by atoms with Crippen LogP contribution in [0, 0.1) is 0 Å². The second-order valence-electron chi connectivity index (χ2n) is 3.19. The molecule has 0 atom stereocenters. The van der Waals surface area contributed by atoms with E-state index < -0.39 is 0 Å². The Bertz CT molecular complexity index is 604. The second-order valence-corrected chi connectivity index (χ2v) is 3.95. The molecule has 3 rings (SSSR count). The quantitative estimate of drug-likeness (QED) is 0.656. The number of pyridine rings is 1. The van der Waals surface area contributed by atoms with Gasteiger partial charge in [0.1, 0.15) is 10.8 Å². The first-order valence-corrected chi connectivity index (χ1v) is 5.21. The van der Waals surface area contributed by atoms with Gasteiger partial charge >= 0.3 is 0 Å². The summed E-state index contributed by atoms with van der Waals surface area (Å²) in [4.78, 5) is 11.4. The van der Waals surface area contributed by atoms with Crippen LogP contribution in [0.5, 0.6) is 0 Å². The van der Waals surface area contributed by atoms with Crippen LogP contribution < -0.4 is 0 Å². The lowest BCUT2D eigenvalue weighted by atomic mass is 10.4. The molecule has 0 spiro atoms. The Morgan fingerprint density at radius 1 is 1.19 bits per heavy atom. The minimum atomic E-state index is 0.247. The van der Waals surface area contributed by atoms with Crippen LogP contribution in [-0.2, 0) is 0 Å². The molecule has 80 valence electrons. The standard InChI is InChI=1S/C9H5Cl2N5/c10-4-3-6-9(14-7(4)11)15-8(13-6)5-1-2-12-16-5/h1-3H,(H,12,16)(H,13,14,15). The third-order valence-corrected chi connectivity index (χ3v) is 2.81. The molecule has 3 heterocycles. The van der Waals surface area contributed by atoms with E-state index in [1.54, 1.807) is 18.3 Å². The number of aromatic nitrogens is 5. The van der Waals surface area contributed by atoms with E-state index in [2.05, 4.69) is 25.1 Å². The number of hydrogen-bond donors (Lipinski definition) is 2. The summed E-state index contributed by atoms with van der Waals surface area (Å²) in [5.41, 5.74) is 2.04. The molecule has 16 heavy (non-hydrogen) atoms. The van der Waals surface area contributed by atoms with Gasteiger partial charge in [0.05, 0.1) is 10.5 Å². The average molecular weight is 254 g/mol. The molecule has 7 heteroatoms. The van der Waals surface area contributed by atoms with Crippen LogP contribution in [0.25, 0.3) is 22.7 Å². The van der Waals surface area contributed by atoms with Crippen LogP contribution in [-0.4, -0.2) is 25.1 Å². The van der Waals surface area contributed by atoms with Crippen molar-refractivity contribution in [2.24, 2.45) is 0 Å². The van der Waals surface area contributed by atoms with Crippen LogP contribution in [0.15, 0.2) is 18.3 Å². The van der Waals surface area contributed by atoms with Crippen LogP contribution in [0.1, 0.15) is 0 Å². The van der Waals surface area contributed by atoms with Gasteiger partial charge in [-0.05, 0) is 12.1 Å². The molecule has 5 nitrogen and oxygen atoms in total. The number of hydrogen-bond acceptors (Lipinski definition) is 3. The lowest BCUT2D eigenvalue weighted by molar-refractivity contribution is 1.08. The molecule has 3 aromatic rings. The van der Waals surface area contributed by atoms with E-state index in [0.29, 0.717) is 16.5 Å². The fraction of sp³-hybridized carbons (Fsp3) is 0. The molecule has 3 aromatic heterocycles. The Morgan fingerprint density at radius 2 is 2.06 bits per heavy atom. The van der Waals surface area contributed by atoms with Crippen molar-refractivity contribution in [3.05, 3.63) is 28.5 Å². The van der Waals surface area contributed by atoms with E-state index in [1.807, 2.05) is 0 Å². The van der Waals surface area contributed by atoms with Gasteiger partial charge in [0, 0.05) is 6.20 Å². The summed E-state index contributed by atoms with van der Waals surface area (Å²) in [6.45, 7) is 0. The molecule has 2 N–H and O–H groups in total. The van der Waals surface area contributed by atoms with Crippen molar-refractivity contribution in [1.82, 2.24) is 25.1 Å². The minimum absolute atomic E-state index is 0.247. The second kappa shape index (κ2) is 3.47. The van der Waals surface area contributed by atoms with Gasteiger partial charge in [0.2, 0.25) is 0 Å². The van der Waals surface area contributed by atoms with Crippen LogP contribution in [0.2, 0.25) is 10.2 Å². The van der Waals surface area contributed by atoms with Crippen LogP contribution >= 0.6 is 23.2 Å². The lowest BCUT2D eigenvalue weighted by Crippen LogP contribution is -1.80. The van der Waals surface area contributed by atoms with Gasteiger partial charge in [-0.25, -0.2) is 9.97 Å². The smallest absolute Gasteiger partial charge is 0.179 e. The van der Waals surface area contributed by atoms with E-state index in [1.165, 1.54) is 0 Å². The number of fused-ring (bicyclic) bond motifs is 1. The van der Waals surface area contributed by atoms with E-state index in [9.17, 15) is 0 Å². The Morgan fingerprint density at radius 3 is 2.81 bits per heavy atom. The van der Waals surface area contributed by atoms with Gasteiger partial charge in [-0.1, -0.05) is 23.2 Å². The van der Waals surface area contributed by atoms with Crippen molar-refractivity contribution < 1.29 is 0 Å². The first-order valence-electron chi connectivity index (χ1n) is 4.45. The van der Waals surface area contributed by atoms with Crippen molar-refractivity contribution in [2.45, 2.75) is 0 Å². The minimum Gasteiger partial charge on any atom is -0.335 e. The predicted octanol–water partition coefficient (Wildman–Crippen LogP) is 2.65. The summed E-state index contributed by atoms with van der Waals surface area (Å²) in [6, 6.07) is 3.50. The molecule has 0 bridgehead atoms. The highest BCUT2D eigenvalue weighted by Gasteiger charge is 2.09. The Hall–Kier alpha value is -1.59. The number of H-pyrrole nitrogens is 2. The van der Waals surface area contributed by atoms with Crippen molar-refractivity contribution in [2.75, 3.05) is 0 Å². The summed E-state index contributed by atoms with van der Waals surface area (Å²) in [5.74, 6) is 0.651. The molecule has 0 unspecified atom stereocenters. The normalized spacial score (nSPS) is 11.1. The number of nitrogens with zero attached hydrogens (tertiary/aromatic N) is 3. The fourth-order valence-corrected chi connectivity index (χ4v) is 1.70. The lowest BCUT2D eigenvalue weighted by Gasteiger charge is -1.92. The molecule has 0 aromatic carbocycles. The molecule has 0 saturated heterocycles. The number of aromatic amines is 2. The Labute approximate surface area is 99.8 Å². The number of nitrogens with one attached hydrogen (secondary N) is 2. The van der Waals surface area contributed by atoms with Gasteiger partial charge < -0.3 is 4.98 Å². The van der Waals surface area contributed by atoms with Crippen LogP contribution in [0.3, 0.4) is 0 Å². The van der Waals surface area contributed by atoms with Crippen molar-refractivity contribution in [3.63, 3.8) is 0 Å². The first kappa shape index (κ1) is 9.62. The SMILES string of the molecule is Clc1cc2[nH]c(-c3ccn[nH]3)nc2nc1Cl. The monoisotopic (exact) mass is 253 g/mol. The number of rotatable bonds is 1. The number of halogens is 2. The predicted molar refractivity (Wildman–Crippen MR) is 61.5 cm³/mol. The maximum Gasteiger partial charge on any atom is 0.179 e. The largest absolute Gasteiger partial charge is 0.335 e. The van der Waals surface area contributed by atoms with Crippen molar-refractivity contribution >= 4 is 34.4 Å². The molecule has 0 aliphatic rings. The van der Waals surface area contributed by atoms with E-state index in [4.69, 9.17) is 23.2 Å².